The van der Waals surface area contributed by atoms with E-state index in [1.165, 1.54) is 23.0 Å². The van der Waals surface area contributed by atoms with Crippen LogP contribution < -0.4 is 5.43 Å². The Morgan fingerprint density at radius 1 is 0.933 bits per heavy atom. The van der Waals surface area contributed by atoms with Gasteiger partial charge in [0, 0.05) is 42.7 Å². The molecule has 0 unspecified atom stereocenters. The van der Waals surface area contributed by atoms with E-state index in [1.807, 2.05) is 31.2 Å². The molecule has 0 saturated carbocycles. The van der Waals surface area contributed by atoms with Crippen LogP contribution in [0.25, 0.3) is 17.1 Å². The summed E-state index contributed by atoms with van der Waals surface area (Å²) in [5.74, 6) is -1.31. The second-order valence-electron chi connectivity index (χ2n) is 6.82. The van der Waals surface area contributed by atoms with Crippen molar-refractivity contribution in [3.8, 4) is 17.1 Å². The Labute approximate surface area is 171 Å². The molecule has 0 aliphatic heterocycles. The minimum Gasteiger partial charge on any atom is -0.288 e. The molecule has 0 N–H and O–H groups in total. The van der Waals surface area contributed by atoms with Crippen LogP contribution >= 0.6 is 0 Å². The number of halogens is 2. The first-order valence-electron chi connectivity index (χ1n) is 9.48. The van der Waals surface area contributed by atoms with E-state index in [0.29, 0.717) is 17.2 Å². The third-order valence-corrected chi connectivity index (χ3v) is 4.72. The van der Waals surface area contributed by atoms with Gasteiger partial charge in [0.15, 0.2) is 17.5 Å². The van der Waals surface area contributed by atoms with Crippen molar-refractivity contribution in [3.05, 3.63) is 106 Å². The number of nitrogens with zero attached hydrogens (tertiary/aromatic N) is 4. The van der Waals surface area contributed by atoms with E-state index in [0.717, 1.165) is 35.2 Å². The molecular weight excluding hydrogens is 386 g/mol. The maximum absolute atomic E-state index is 13.6. The van der Waals surface area contributed by atoms with Crippen LogP contribution in [-0.4, -0.2) is 19.7 Å². The van der Waals surface area contributed by atoms with E-state index in [4.69, 9.17) is 0 Å². The molecule has 2 heterocycles. The molecule has 7 heteroatoms. The molecule has 0 fully saturated rings. The van der Waals surface area contributed by atoms with Crippen molar-refractivity contribution >= 4 is 0 Å². The second-order valence-corrected chi connectivity index (χ2v) is 6.82. The summed E-state index contributed by atoms with van der Waals surface area (Å²) in [6.07, 6.45) is 6.18. The Morgan fingerprint density at radius 3 is 2.47 bits per heavy atom. The quantitative estimate of drug-likeness (QED) is 0.502. The van der Waals surface area contributed by atoms with Gasteiger partial charge in [-0.2, -0.15) is 5.10 Å². The van der Waals surface area contributed by atoms with Crippen LogP contribution in [0.15, 0.2) is 71.9 Å². The van der Waals surface area contributed by atoms with Gasteiger partial charge in [0.1, 0.15) is 5.69 Å². The fourth-order valence-electron chi connectivity index (χ4n) is 3.04. The van der Waals surface area contributed by atoms with Crippen molar-refractivity contribution in [1.29, 1.82) is 0 Å². The maximum Gasteiger partial charge on any atom is 0.203 e. The molecule has 0 saturated heterocycles. The van der Waals surface area contributed by atoms with Gasteiger partial charge >= 0.3 is 0 Å². The average molecular weight is 404 g/mol. The van der Waals surface area contributed by atoms with Crippen molar-refractivity contribution in [3.63, 3.8) is 0 Å². The summed E-state index contributed by atoms with van der Waals surface area (Å²) in [5.41, 5.74) is 3.15. The predicted octanol–water partition coefficient (Wildman–Crippen LogP) is 4.12. The lowest BCUT2D eigenvalue weighted by atomic mass is 10.1. The van der Waals surface area contributed by atoms with Gasteiger partial charge in [-0.05, 0) is 35.7 Å². The summed E-state index contributed by atoms with van der Waals surface area (Å²) < 4.78 is 28.1. The number of hydrogen-bond acceptors (Lipinski definition) is 4. The van der Waals surface area contributed by atoms with Crippen LogP contribution in [0.4, 0.5) is 8.78 Å². The largest absolute Gasteiger partial charge is 0.288 e. The van der Waals surface area contributed by atoms with Crippen LogP contribution in [-0.2, 0) is 12.8 Å². The zero-order valence-corrected chi connectivity index (χ0v) is 16.2. The van der Waals surface area contributed by atoms with Gasteiger partial charge in [-0.1, -0.05) is 25.1 Å². The van der Waals surface area contributed by atoms with Crippen molar-refractivity contribution in [2.24, 2.45) is 0 Å². The van der Waals surface area contributed by atoms with Gasteiger partial charge in [0.05, 0.1) is 5.69 Å². The highest BCUT2D eigenvalue weighted by Gasteiger charge is 2.09. The highest BCUT2D eigenvalue weighted by molar-refractivity contribution is 5.56. The molecule has 0 aliphatic rings. The van der Waals surface area contributed by atoms with E-state index >= 15 is 0 Å². The fourth-order valence-corrected chi connectivity index (χ4v) is 3.04. The first-order chi connectivity index (χ1) is 14.5. The van der Waals surface area contributed by atoms with Crippen LogP contribution in [0.2, 0.25) is 0 Å². The summed E-state index contributed by atoms with van der Waals surface area (Å²) in [6, 6.07) is 12.4. The molecular formula is C23H18F2N4O. The molecule has 0 amide bonds. The van der Waals surface area contributed by atoms with Gasteiger partial charge in [-0.25, -0.2) is 23.4 Å². The van der Waals surface area contributed by atoms with Crippen LogP contribution in [0.1, 0.15) is 23.7 Å². The Hall–Kier alpha value is -3.74. The third-order valence-electron chi connectivity index (χ3n) is 4.72. The number of benzene rings is 2. The zero-order valence-electron chi connectivity index (χ0n) is 16.2. The molecule has 30 heavy (non-hydrogen) atoms. The van der Waals surface area contributed by atoms with E-state index in [1.54, 1.807) is 12.4 Å². The molecule has 2 aromatic carbocycles. The number of aromatic nitrogens is 4. The van der Waals surface area contributed by atoms with Crippen LogP contribution in [0.5, 0.6) is 0 Å². The smallest absolute Gasteiger partial charge is 0.203 e. The van der Waals surface area contributed by atoms with Gasteiger partial charge < -0.3 is 0 Å². The molecule has 150 valence electrons. The highest BCUT2D eigenvalue weighted by Crippen LogP contribution is 2.18. The highest BCUT2D eigenvalue weighted by atomic mass is 19.2. The average Bonchev–Trinajstić information content (AvgIpc) is 2.77. The fraction of sp³-hybridized carbons (Fsp3) is 0.130. The van der Waals surface area contributed by atoms with Gasteiger partial charge in [-0.15, -0.1) is 0 Å². The topological polar surface area (TPSA) is 60.7 Å². The zero-order chi connectivity index (χ0) is 21.1. The van der Waals surface area contributed by atoms with Crippen molar-refractivity contribution in [1.82, 2.24) is 19.7 Å². The minimum absolute atomic E-state index is 0.234. The molecule has 4 rings (SSSR count). The molecule has 0 radical (unpaired) electrons. The molecule has 0 bridgehead atoms. The van der Waals surface area contributed by atoms with E-state index in [9.17, 15) is 13.6 Å². The summed E-state index contributed by atoms with van der Waals surface area (Å²) >= 11 is 0. The second kappa shape index (κ2) is 8.32. The van der Waals surface area contributed by atoms with Gasteiger partial charge in [0.2, 0.25) is 5.43 Å². The lowest BCUT2D eigenvalue weighted by molar-refractivity contribution is 0.507. The lowest BCUT2D eigenvalue weighted by Crippen LogP contribution is -2.16. The predicted molar refractivity (Wildman–Crippen MR) is 109 cm³/mol. The number of aryl methyl sites for hydroxylation is 1. The Kier molecular flexibility index (Phi) is 5.43. The maximum atomic E-state index is 13.6. The Bertz CT molecular complexity index is 1250. The summed E-state index contributed by atoms with van der Waals surface area (Å²) in [7, 11) is 0. The number of hydrogen-bond donors (Lipinski definition) is 0. The molecule has 2 aromatic heterocycles. The summed E-state index contributed by atoms with van der Waals surface area (Å²) in [4.78, 5) is 21.1. The molecule has 0 aliphatic carbocycles. The van der Waals surface area contributed by atoms with E-state index in [-0.39, 0.29) is 11.8 Å². The summed E-state index contributed by atoms with van der Waals surface area (Å²) in [5, 5.41) is 4.32. The summed E-state index contributed by atoms with van der Waals surface area (Å²) in [6.45, 7) is 2.04. The molecule has 0 atom stereocenters. The van der Waals surface area contributed by atoms with Crippen LogP contribution in [0.3, 0.4) is 0 Å². The SMILES string of the molecule is CCc1cnc(-c2cccc(Cc3nn(-c4ccc(F)c(F)c4)ccc3=O)c2)nc1. The molecule has 5 nitrogen and oxygen atoms in total. The first-order valence-corrected chi connectivity index (χ1v) is 9.48. The lowest BCUT2D eigenvalue weighted by Gasteiger charge is -2.09. The van der Waals surface area contributed by atoms with Crippen LogP contribution in [0, 0.1) is 11.6 Å². The first kappa shape index (κ1) is 19.6. The minimum atomic E-state index is -0.976. The number of rotatable bonds is 5. The Morgan fingerprint density at radius 2 is 1.73 bits per heavy atom. The normalized spacial score (nSPS) is 10.9. The van der Waals surface area contributed by atoms with Gasteiger partial charge in [0.25, 0.3) is 0 Å². The standard InChI is InChI=1S/C23H18F2N4O/c1-2-15-13-26-23(27-14-15)17-5-3-4-16(10-17)11-21-22(30)8-9-29(28-21)18-6-7-19(24)20(25)12-18/h3-10,12-14H,2,11H2,1H3. The van der Waals surface area contributed by atoms with Crippen molar-refractivity contribution in [2.75, 3.05) is 0 Å². The third kappa shape index (κ3) is 4.15. The van der Waals surface area contributed by atoms with Gasteiger partial charge in [-0.3, -0.25) is 4.79 Å². The molecule has 0 spiro atoms. The van der Waals surface area contributed by atoms with Crippen molar-refractivity contribution in [2.45, 2.75) is 19.8 Å². The van der Waals surface area contributed by atoms with E-state index in [2.05, 4.69) is 15.1 Å². The van der Waals surface area contributed by atoms with Crippen molar-refractivity contribution < 1.29 is 8.78 Å². The monoisotopic (exact) mass is 404 g/mol. The Balaban J connectivity index is 1.64. The van der Waals surface area contributed by atoms with E-state index < -0.39 is 11.6 Å². The molecule has 4 aromatic rings.